The van der Waals surface area contributed by atoms with Gasteiger partial charge in [-0.05, 0) is 94.0 Å². The second-order valence-corrected chi connectivity index (χ2v) is 10.1. The Kier molecular flexibility index (Phi) is 6.77. The number of pyridine rings is 1. The lowest BCUT2D eigenvalue weighted by molar-refractivity contribution is 0.0663. The van der Waals surface area contributed by atoms with Crippen LogP contribution in [0.2, 0.25) is 0 Å². The number of nitrogens with one attached hydrogen (secondary N) is 1. The quantitative estimate of drug-likeness (QED) is 0.421. The van der Waals surface area contributed by atoms with E-state index in [0.29, 0.717) is 6.10 Å². The van der Waals surface area contributed by atoms with Crippen LogP contribution in [0, 0.1) is 12.7 Å². The van der Waals surface area contributed by atoms with Crippen molar-refractivity contribution in [1.82, 2.24) is 14.5 Å². The molecule has 0 bridgehead atoms. The van der Waals surface area contributed by atoms with Crippen LogP contribution in [0.25, 0.3) is 29.2 Å². The number of nitrogens with zero attached hydrogens (tertiary/aromatic N) is 4. The first kappa shape index (κ1) is 24.5. The number of anilines is 2. The number of hydrogen-bond acceptors (Lipinski definition) is 5. The van der Waals surface area contributed by atoms with Gasteiger partial charge < -0.3 is 14.6 Å². The highest BCUT2D eigenvalue weighted by molar-refractivity contribution is 5.71. The standard InChI is InChI=1S/C31H32FN5O/c1-20-25(7-5-17-33-20)35-27-18-29-31(19-28(27)34-22-11-15-24(38-2)16-12-22)37(23-13-9-21(32)10-14-23)30-8-4-3-6-26(30)36-29/h5-10,13-14,17-19,22,24,35H,3-4,11-12,15-16H2,1-2H3. The van der Waals surface area contributed by atoms with Gasteiger partial charge in [-0.2, -0.15) is 0 Å². The summed E-state index contributed by atoms with van der Waals surface area (Å²) >= 11 is 0. The monoisotopic (exact) mass is 509 g/mol. The highest BCUT2D eigenvalue weighted by Gasteiger charge is 2.21. The Hall–Kier alpha value is -3.84. The smallest absolute Gasteiger partial charge is 0.123 e. The van der Waals surface area contributed by atoms with E-state index in [4.69, 9.17) is 14.7 Å². The van der Waals surface area contributed by atoms with Gasteiger partial charge in [-0.15, -0.1) is 0 Å². The van der Waals surface area contributed by atoms with Crippen LogP contribution >= 0.6 is 0 Å². The largest absolute Gasteiger partial charge is 0.381 e. The number of benzene rings is 2. The van der Waals surface area contributed by atoms with E-state index in [2.05, 4.69) is 39.2 Å². The molecule has 6 rings (SSSR count). The third-order valence-electron chi connectivity index (χ3n) is 7.58. The van der Waals surface area contributed by atoms with Crippen LogP contribution in [0.15, 0.2) is 59.7 Å². The van der Waals surface area contributed by atoms with Gasteiger partial charge in [0.1, 0.15) is 5.82 Å². The van der Waals surface area contributed by atoms with Crippen LogP contribution in [0.5, 0.6) is 0 Å². The third-order valence-corrected chi connectivity index (χ3v) is 7.58. The Labute approximate surface area is 221 Å². The summed E-state index contributed by atoms with van der Waals surface area (Å²) in [5.74, 6) is -0.252. The molecule has 1 fully saturated rings. The minimum absolute atomic E-state index is 0.221. The van der Waals surface area contributed by atoms with E-state index in [1.807, 2.05) is 31.2 Å². The highest BCUT2D eigenvalue weighted by atomic mass is 19.1. The van der Waals surface area contributed by atoms with Crippen molar-refractivity contribution < 1.29 is 9.13 Å². The van der Waals surface area contributed by atoms with Crippen molar-refractivity contribution in [3.63, 3.8) is 0 Å². The van der Waals surface area contributed by atoms with Crippen molar-refractivity contribution in [2.24, 2.45) is 4.99 Å². The van der Waals surface area contributed by atoms with Gasteiger partial charge in [0.15, 0.2) is 0 Å². The van der Waals surface area contributed by atoms with E-state index in [0.717, 1.165) is 88.7 Å². The topological polar surface area (TPSA) is 64.3 Å². The summed E-state index contributed by atoms with van der Waals surface area (Å²) in [6, 6.07) is 15.1. The van der Waals surface area contributed by atoms with Gasteiger partial charge in [-0.25, -0.2) is 9.37 Å². The number of hydrogen-bond donors (Lipinski definition) is 1. The average Bonchev–Trinajstić information content (AvgIpc) is 2.94. The number of halogens is 1. The molecule has 1 aromatic heterocycles. The van der Waals surface area contributed by atoms with Gasteiger partial charge in [0.2, 0.25) is 0 Å². The summed E-state index contributed by atoms with van der Waals surface area (Å²) in [7, 11) is 1.79. The fourth-order valence-electron chi connectivity index (χ4n) is 5.50. The molecular formula is C31H32FN5O. The Bertz CT molecular complexity index is 1620. The van der Waals surface area contributed by atoms with E-state index in [9.17, 15) is 4.39 Å². The third kappa shape index (κ3) is 4.86. The average molecular weight is 510 g/mol. The number of methoxy groups -OCH3 is 1. The predicted molar refractivity (Wildman–Crippen MR) is 148 cm³/mol. The van der Waals surface area contributed by atoms with Crippen molar-refractivity contribution in [2.45, 2.75) is 57.6 Å². The Morgan fingerprint density at radius 1 is 1.00 bits per heavy atom. The Balaban J connectivity index is 1.58. The van der Waals surface area contributed by atoms with Crippen LogP contribution < -0.4 is 21.4 Å². The molecule has 1 N–H and O–H groups in total. The number of rotatable bonds is 5. The molecular weight excluding hydrogens is 477 g/mol. The fraction of sp³-hybridized carbons (Fsp3) is 0.323. The molecule has 0 saturated heterocycles. The van der Waals surface area contributed by atoms with Gasteiger partial charge in [-0.1, -0.05) is 12.2 Å². The molecule has 0 spiro atoms. The van der Waals surface area contributed by atoms with Crippen molar-refractivity contribution >= 4 is 23.5 Å². The Morgan fingerprint density at radius 3 is 2.55 bits per heavy atom. The van der Waals surface area contributed by atoms with E-state index >= 15 is 0 Å². The van der Waals surface area contributed by atoms with E-state index in [1.54, 1.807) is 13.3 Å². The SMILES string of the molecule is COC1CCC(N=c2cc3n(-c4ccc(F)cc4)c4c(nc-3cc2Nc2cccnc2C)=CCCC=4)CC1. The molecule has 4 aliphatic rings. The zero-order valence-electron chi connectivity index (χ0n) is 21.8. The minimum Gasteiger partial charge on any atom is -0.381 e. The van der Waals surface area contributed by atoms with Crippen LogP contribution in [0.3, 0.4) is 0 Å². The van der Waals surface area contributed by atoms with Crippen molar-refractivity contribution in [3.8, 4) is 17.1 Å². The number of fused-ring (bicyclic) bond motifs is 2. The summed E-state index contributed by atoms with van der Waals surface area (Å²) < 4.78 is 21.6. The lowest BCUT2D eigenvalue weighted by atomic mass is 9.93. The number of aryl methyl sites for hydroxylation is 1. The lowest BCUT2D eigenvalue weighted by Gasteiger charge is -2.25. The molecule has 38 heavy (non-hydrogen) atoms. The second-order valence-electron chi connectivity index (χ2n) is 10.1. The van der Waals surface area contributed by atoms with Gasteiger partial charge in [0.25, 0.3) is 0 Å². The molecule has 1 aromatic carbocycles. The zero-order chi connectivity index (χ0) is 26.1. The van der Waals surface area contributed by atoms with Crippen molar-refractivity contribution in [2.75, 3.05) is 12.4 Å². The van der Waals surface area contributed by atoms with Crippen molar-refractivity contribution in [3.05, 3.63) is 82.3 Å². The first-order chi connectivity index (χ1) is 18.6. The molecule has 7 heteroatoms. The summed E-state index contributed by atoms with van der Waals surface area (Å²) in [5, 5.41) is 6.46. The van der Waals surface area contributed by atoms with Gasteiger partial charge in [0.05, 0.1) is 56.7 Å². The molecule has 0 atom stereocenters. The fourth-order valence-corrected chi connectivity index (χ4v) is 5.50. The van der Waals surface area contributed by atoms with Gasteiger partial charge in [-0.3, -0.25) is 9.98 Å². The molecule has 1 aliphatic heterocycles. The predicted octanol–water partition coefficient (Wildman–Crippen LogP) is 4.78. The summed E-state index contributed by atoms with van der Waals surface area (Å²) in [6.07, 6.45) is 12.4. The van der Waals surface area contributed by atoms with Gasteiger partial charge in [0, 0.05) is 19.0 Å². The molecule has 0 amide bonds. The van der Waals surface area contributed by atoms with E-state index in [1.165, 1.54) is 12.1 Å². The molecule has 1 saturated carbocycles. The lowest BCUT2D eigenvalue weighted by Crippen LogP contribution is -2.40. The van der Waals surface area contributed by atoms with Gasteiger partial charge >= 0.3 is 0 Å². The maximum Gasteiger partial charge on any atom is 0.123 e. The highest BCUT2D eigenvalue weighted by Crippen LogP contribution is 2.26. The first-order valence-electron chi connectivity index (χ1n) is 13.4. The molecule has 194 valence electrons. The summed E-state index contributed by atoms with van der Waals surface area (Å²) in [6.45, 7) is 1.99. The maximum atomic E-state index is 13.9. The van der Waals surface area contributed by atoms with Crippen LogP contribution in [-0.2, 0) is 4.74 Å². The molecule has 2 heterocycles. The molecule has 3 aliphatic carbocycles. The number of ether oxygens (including phenoxy) is 1. The van der Waals surface area contributed by atoms with Crippen molar-refractivity contribution in [1.29, 1.82) is 0 Å². The minimum atomic E-state index is -0.252. The summed E-state index contributed by atoms with van der Waals surface area (Å²) in [4.78, 5) is 14.8. The van der Waals surface area contributed by atoms with Crippen LogP contribution in [0.1, 0.15) is 44.2 Å². The normalized spacial score (nSPS) is 19.5. The van der Waals surface area contributed by atoms with E-state index < -0.39 is 0 Å². The maximum absolute atomic E-state index is 13.9. The molecule has 2 aromatic rings. The first-order valence-corrected chi connectivity index (χ1v) is 13.4. The summed E-state index contributed by atoms with van der Waals surface area (Å²) in [5.41, 5.74) is 5.46. The van der Waals surface area contributed by atoms with Crippen LogP contribution in [0.4, 0.5) is 15.8 Å². The molecule has 0 radical (unpaired) electrons. The molecule has 6 nitrogen and oxygen atoms in total. The molecule has 0 unspecified atom stereocenters. The Morgan fingerprint density at radius 2 is 1.79 bits per heavy atom. The number of aromatic nitrogens is 3. The van der Waals surface area contributed by atoms with Crippen LogP contribution in [-0.4, -0.2) is 33.8 Å². The zero-order valence-corrected chi connectivity index (χ0v) is 21.8. The second kappa shape index (κ2) is 10.5. The van der Waals surface area contributed by atoms with E-state index in [-0.39, 0.29) is 11.9 Å².